The molecule has 146 valence electrons. The number of aromatic nitrogens is 3. The maximum absolute atomic E-state index is 12.8. The SMILES string of the molecule is CC(C)C(O)c1nnc2ccc(C(=O)N3CC(Oc4cccc(Cl)c4)C3)cn12. The molecule has 28 heavy (non-hydrogen) atoms. The molecule has 1 saturated heterocycles. The van der Waals surface area contributed by atoms with Crippen LogP contribution in [0.5, 0.6) is 5.75 Å². The number of likely N-dealkylation sites (tertiary alicyclic amines) is 1. The fraction of sp³-hybridized carbons (Fsp3) is 0.350. The van der Waals surface area contributed by atoms with E-state index in [9.17, 15) is 9.90 Å². The van der Waals surface area contributed by atoms with E-state index < -0.39 is 6.10 Å². The summed E-state index contributed by atoms with van der Waals surface area (Å²) in [4.78, 5) is 14.5. The van der Waals surface area contributed by atoms with Gasteiger partial charge < -0.3 is 14.7 Å². The number of aliphatic hydroxyl groups is 1. The van der Waals surface area contributed by atoms with Crippen LogP contribution in [-0.4, -0.2) is 49.7 Å². The first kappa shape index (κ1) is 18.7. The minimum atomic E-state index is -0.750. The summed E-state index contributed by atoms with van der Waals surface area (Å²) in [6.45, 7) is 4.82. The highest BCUT2D eigenvalue weighted by Gasteiger charge is 2.33. The molecule has 4 rings (SSSR count). The lowest BCUT2D eigenvalue weighted by Gasteiger charge is -2.39. The summed E-state index contributed by atoms with van der Waals surface area (Å²) >= 11 is 5.97. The van der Waals surface area contributed by atoms with E-state index in [4.69, 9.17) is 16.3 Å². The average molecular weight is 401 g/mol. The van der Waals surface area contributed by atoms with E-state index in [-0.39, 0.29) is 17.9 Å². The van der Waals surface area contributed by atoms with Crippen molar-refractivity contribution in [3.8, 4) is 5.75 Å². The lowest BCUT2D eigenvalue weighted by Crippen LogP contribution is -2.56. The molecule has 2 aromatic heterocycles. The van der Waals surface area contributed by atoms with Crippen LogP contribution in [0.1, 0.15) is 36.1 Å². The van der Waals surface area contributed by atoms with Crippen molar-refractivity contribution < 1.29 is 14.6 Å². The zero-order valence-electron chi connectivity index (χ0n) is 15.6. The fourth-order valence-corrected chi connectivity index (χ4v) is 3.31. The second-order valence-corrected chi connectivity index (χ2v) is 7.74. The Balaban J connectivity index is 1.45. The zero-order chi connectivity index (χ0) is 19.8. The van der Waals surface area contributed by atoms with Crippen molar-refractivity contribution in [2.24, 2.45) is 5.92 Å². The van der Waals surface area contributed by atoms with Gasteiger partial charge >= 0.3 is 0 Å². The van der Waals surface area contributed by atoms with E-state index in [0.29, 0.717) is 40.9 Å². The van der Waals surface area contributed by atoms with Crippen molar-refractivity contribution in [3.63, 3.8) is 0 Å². The lowest BCUT2D eigenvalue weighted by atomic mass is 10.1. The van der Waals surface area contributed by atoms with Gasteiger partial charge in [0, 0.05) is 11.2 Å². The summed E-state index contributed by atoms with van der Waals surface area (Å²) in [6, 6.07) is 10.7. The Labute approximate surface area is 167 Å². The molecule has 1 N–H and O–H groups in total. The number of ether oxygens (including phenoxy) is 1. The van der Waals surface area contributed by atoms with Gasteiger partial charge in [-0.2, -0.15) is 0 Å². The quantitative estimate of drug-likeness (QED) is 0.712. The lowest BCUT2D eigenvalue weighted by molar-refractivity contribution is 0.0177. The van der Waals surface area contributed by atoms with Crippen LogP contribution < -0.4 is 4.74 Å². The summed E-state index contributed by atoms with van der Waals surface area (Å²) in [5, 5.41) is 19.1. The number of amides is 1. The molecular formula is C20H21ClN4O3. The summed E-state index contributed by atoms with van der Waals surface area (Å²) in [6.07, 6.45) is 0.878. The van der Waals surface area contributed by atoms with E-state index in [0.717, 1.165) is 0 Å². The minimum absolute atomic E-state index is 0.00784. The highest BCUT2D eigenvalue weighted by Crippen LogP contribution is 2.24. The van der Waals surface area contributed by atoms with Crippen LogP contribution in [0, 0.1) is 5.92 Å². The molecule has 1 aliphatic heterocycles. The predicted molar refractivity (Wildman–Crippen MR) is 105 cm³/mol. The monoisotopic (exact) mass is 400 g/mol. The van der Waals surface area contributed by atoms with Crippen molar-refractivity contribution in [2.45, 2.75) is 26.1 Å². The van der Waals surface area contributed by atoms with Gasteiger partial charge in [0.25, 0.3) is 5.91 Å². The van der Waals surface area contributed by atoms with Gasteiger partial charge in [0.1, 0.15) is 18.0 Å². The number of nitrogens with zero attached hydrogens (tertiary/aromatic N) is 4. The first-order valence-corrected chi connectivity index (χ1v) is 9.54. The Morgan fingerprint density at radius 2 is 2.04 bits per heavy atom. The second-order valence-electron chi connectivity index (χ2n) is 7.30. The van der Waals surface area contributed by atoms with Crippen molar-refractivity contribution in [1.82, 2.24) is 19.5 Å². The minimum Gasteiger partial charge on any atom is -0.487 e. The summed E-state index contributed by atoms with van der Waals surface area (Å²) in [5.74, 6) is 1.03. The number of benzene rings is 1. The number of carbonyl (C=O) groups is 1. The highest BCUT2D eigenvalue weighted by molar-refractivity contribution is 6.30. The molecule has 1 amide bonds. The average Bonchev–Trinajstić information content (AvgIpc) is 3.06. The molecule has 0 spiro atoms. The molecule has 0 saturated carbocycles. The smallest absolute Gasteiger partial charge is 0.255 e. The van der Waals surface area contributed by atoms with Crippen LogP contribution in [-0.2, 0) is 0 Å². The van der Waals surface area contributed by atoms with Crippen LogP contribution in [0.4, 0.5) is 0 Å². The van der Waals surface area contributed by atoms with Crippen LogP contribution in [0.3, 0.4) is 0 Å². The van der Waals surface area contributed by atoms with E-state index >= 15 is 0 Å². The molecule has 1 unspecified atom stereocenters. The molecule has 7 nitrogen and oxygen atoms in total. The van der Waals surface area contributed by atoms with Crippen molar-refractivity contribution in [1.29, 1.82) is 0 Å². The molecule has 0 radical (unpaired) electrons. The maximum Gasteiger partial charge on any atom is 0.255 e. The molecule has 0 aliphatic carbocycles. The maximum atomic E-state index is 12.8. The Morgan fingerprint density at radius 1 is 1.25 bits per heavy atom. The Kier molecular flexibility index (Phi) is 4.95. The molecular weight excluding hydrogens is 380 g/mol. The van der Waals surface area contributed by atoms with Gasteiger partial charge in [-0.3, -0.25) is 9.20 Å². The van der Waals surface area contributed by atoms with Gasteiger partial charge in [-0.15, -0.1) is 10.2 Å². The van der Waals surface area contributed by atoms with Gasteiger partial charge in [0.05, 0.1) is 18.7 Å². The predicted octanol–water partition coefficient (Wildman–Crippen LogP) is 2.98. The Bertz CT molecular complexity index is 1010. The van der Waals surface area contributed by atoms with Crippen LogP contribution in [0.15, 0.2) is 42.6 Å². The number of rotatable bonds is 5. The fourth-order valence-electron chi connectivity index (χ4n) is 3.13. The third kappa shape index (κ3) is 3.55. The van der Waals surface area contributed by atoms with E-state index in [2.05, 4.69) is 10.2 Å². The van der Waals surface area contributed by atoms with E-state index in [1.165, 1.54) is 0 Å². The standard InChI is InChI=1S/C20H21ClN4O3/c1-12(2)18(26)19-23-22-17-7-6-13(9-25(17)19)20(27)24-10-16(11-24)28-15-5-3-4-14(21)8-15/h3-9,12,16,18,26H,10-11H2,1-2H3. The zero-order valence-corrected chi connectivity index (χ0v) is 16.4. The second kappa shape index (κ2) is 7.41. The molecule has 8 heteroatoms. The van der Waals surface area contributed by atoms with Gasteiger partial charge in [-0.1, -0.05) is 31.5 Å². The molecule has 1 fully saturated rings. The van der Waals surface area contributed by atoms with Crippen molar-refractivity contribution in [2.75, 3.05) is 13.1 Å². The van der Waals surface area contributed by atoms with Crippen LogP contribution >= 0.6 is 11.6 Å². The van der Waals surface area contributed by atoms with Gasteiger partial charge in [0.15, 0.2) is 11.5 Å². The number of carbonyl (C=O) groups excluding carboxylic acids is 1. The van der Waals surface area contributed by atoms with Gasteiger partial charge in [-0.25, -0.2) is 0 Å². The summed E-state index contributed by atoms with van der Waals surface area (Å²) in [5.41, 5.74) is 1.11. The number of hydrogen-bond acceptors (Lipinski definition) is 5. The summed E-state index contributed by atoms with van der Waals surface area (Å²) < 4.78 is 7.52. The van der Waals surface area contributed by atoms with E-state index in [1.807, 2.05) is 26.0 Å². The summed E-state index contributed by atoms with van der Waals surface area (Å²) in [7, 11) is 0. The number of fused-ring (bicyclic) bond motifs is 1. The van der Waals surface area contributed by atoms with Gasteiger partial charge in [-0.05, 0) is 36.2 Å². The van der Waals surface area contributed by atoms with Crippen LogP contribution in [0.2, 0.25) is 5.02 Å². The first-order chi connectivity index (χ1) is 13.4. The third-order valence-electron chi connectivity index (χ3n) is 4.81. The number of pyridine rings is 1. The molecule has 1 atom stereocenters. The first-order valence-electron chi connectivity index (χ1n) is 9.16. The normalized spacial score (nSPS) is 15.7. The molecule has 1 aromatic carbocycles. The van der Waals surface area contributed by atoms with Crippen molar-refractivity contribution in [3.05, 3.63) is 59.0 Å². The molecule has 3 heterocycles. The molecule has 0 bridgehead atoms. The number of halogens is 1. The van der Waals surface area contributed by atoms with E-state index in [1.54, 1.807) is 39.8 Å². The van der Waals surface area contributed by atoms with Crippen molar-refractivity contribution >= 4 is 23.2 Å². The number of hydrogen-bond donors (Lipinski definition) is 1. The highest BCUT2D eigenvalue weighted by atomic mass is 35.5. The largest absolute Gasteiger partial charge is 0.487 e. The third-order valence-corrected chi connectivity index (χ3v) is 5.04. The topological polar surface area (TPSA) is 80.0 Å². The Hall–Kier alpha value is -2.64. The van der Waals surface area contributed by atoms with Gasteiger partial charge in [0.2, 0.25) is 0 Å². The van der Waals surface area contributed by atoms with Crippen LogP contribution in [0.25, 0.3) is 5.65 Å². The number of aliphatic hydroxyl groups excluding tert-OH is 1. The molecule has 1 aliphatic rings. The Morgan fingerprint density at radius 3 is 2.75 bits per heavy atom. The molecule has 3 aromatic rings.